The van der Waals surface area contributed by atoms with Gasteiger partial charge in [0, 0.05) is 21.7 Å². The molecule has 0 aromatic heterocycles. The molecule has 0 fully saturated rings. The number of nitrogen functional groups attached to an aromatic ring is 1. The zero-order valence-corrected chi connectivity index (χ0v) is 13.0. The van der Waals surface area contributed by atoms with Crippen LogP contribution >= 0.6 is 31.9 Å². The van der Waals surface area contributed by atoms with E-state index in [1.165, 1.54) is 7.11 Å². The van der Waals surface area contributed by atoms with Crippen molar-refractivity contribution >= 4 is 49.1 Å². The fraction of sp³-hybridized carbons (Fsp3) is 0.364. The number of carbonyl (C=O) groups excluding carboxylic acids is 1. The molecule has 1 aromatic carbocycles. The van der Waals surface area contributed by atoms with Crippen molar-refractivity contribution in [2.24, 2.45) is 0 Å². The van der Waals surface area contributed by atoms with Crippen molar-refractivity contribution in [2.45, 2.75) is 19.4 Å². The lowest BCUT2D eigenvalue weighted by Crippen LogP contribution is -2.39. The van der Waals surface area contributed by atoms with Gasteiger partial charge in [0.25, 0.3) is 5.91 Å². The van der Waals surface area contributed by atoms with E-state index in [0.717, 1.165) is 0 Å². The Morgan fingerprint density at radius 2 is 1.82 bits per heavy atom. The summed E-state index contributed by atoms with van der Waals surface area (Å²) in [6.45, 7) is 3.39. The van der Waals surface area contributed by atoms with Crippen molar-refractivity contribution in [1.82, 2.24) is 0 Å². The Morgan fingerprint density at radius 1 is 1.35 bits per heavy atom. The van der Waals surface area contributed by atoms with Crippen LogP contribution in [0.2, 0.25) is 0 Å². The van der Waals surface area contributed by atoms with E-state index in [1.807, 2.05) is 0 Å². The molecule has 1 amide bonds. The van der Waals surface area contributed by atoms with Gasteiger partial charge >= 0.3 is 0 Å². The monoisotopic (exact) mass is 364 g/mol. The minimum atomic E-state index is -0.889. The van der Waals surface area contributed by atoms with Crippen LogP contribution in [0.3, 0.4) is 0 Å². The molecule has 0 atom stereocenters. The number of benzene rings is 1. The zero-order valence-electron chi connectivity index (χ0n) is 9.80. The second-order valence-corrected chi connectivity index (χ2v) is 5.74. The van der Waals surface area contributed by atoms with E-state index < -0.39 is 5.60 Å². The SMILES string of the molecule is COC(C)(C)C(=O)Nc1c(Br)cc(N)cc1Br. The summed E-state index contributed by atoms with van der Waals surface area (Å²) in [6.07, 6.45) is 0. The van der Waals surface area contributed by atoms with Crippen LogP contribution in [-0.4, -0.2) is 18.6 Å². The van der Waals surface area contributed by atoms with Gasteiger partial charge in [-0.05, 0) is 57.8 Å². The number of anilines is 2. The number of amides is 1. The summed E-state index contributed by atoms with van der Waals surface area (Å²) in [7, 11) is 1.49. The molecule has 0 heterocycles. The maximum Gasteiger partial charge on any atom is 0.256 e. The maximum atomic E-state index is 11.9. The molecule has 1 rings (SSSR count). The molecule has 0 bridgehead atoms. The predicted molar refractivity (Wildman–Crippen MR) is 76.0 cm³/mol. The van der Waals surface area contributed by atoms with Gasteiger partial charge in [0.1, 0.15) is 5.60 Å². The Morgan fingerprint density at radius 3 is 2.24 bits per heavy atom. The molecule has 3 N–H and O–H groups in total. The highest BCUT2D eigenvalue weighted by molar-refractivity contribution is 9.11. The van der Waals surface area contributed by atoms with Crippen molar-refractivity contribution in [3.05, 3.63) is 21.1 Å². The third-order valence-electron chi connectivity index (χ3n) is 2.36. The first-order valence-electron chi connectivity index (χ1n) is 4.89. The van der Waals surface area contributed by atoms with Crippen molar-refractivity contribution < 1.29 is 9.53 Å². The normalized spacial score (nSPS) is 11.4. The quantitative estimate of drug-likeness (QED) is 0.808. The van der Waals surface area contributed by atoms with Gasteiger partial charge < -0.3 is 15.8 Å². The van der Waals surface area contributed by atoms with Gasteiger partial charge in [-0.25, -0.2) is 0 Å². The largest absolute Gasteiger partial charge is 0.399 e. The smallest absolute Gasteiger partial charge is 0.256 e. The number of carbonyl (C=O) groups is 1. The molecule has 0 radical (unpaired) electrons. The Kier molecular flexibility index (Phi) is 4.57. The van der Waals surface area contributed by atoms with Crippen molar-refractivity contribution in [2.75, 3.05) is 18.2 Å². The summed E-state index contributed by atoms with van der Waals surface area (Å²) in [5.74, 6) is -0.230. The topological polar surface area (TPSA) is 64.3 Å². The Hall–Kier alpha value is -0.590. The van der Waals surface area contributed by atoms with Gasteiger partial charge in [0.2, 0.25) is 0 Å². The third kappa shape index (κ3) is 3.43. The van der Waals surface area contributed by atoms with Crippen molar-refractivity contribution in [3.63, 3.8) is 0 Å². The van der Waals surface area contributed by atoms with Crippen LogP contribution in [0.4, 0.5) is 11.4 Å². The summed E-state index contributed by atoms with van der Waals surface area (Å²) in [6, 6.07) is 3.44. The second kappa shape index (κ2) is 5.37. The van der Waals surface area contributed by atoms with Gasteiger partial charge in [-0.1, -0.05) is 0 Å². The third-order valence-corrected chi connectivity index (χ3v) is 3.61. The van der Waals surface area contributed by atoms with E-state index >= 15 is 0 Å². The molecule has 4 nitrogen and oxygen atoms in total. The van der Waals surface area contributed by atoms with E-state index in [2.05, 4.69) is 37.2 Å². The number of rotatable bonds is 3. The minimum absolute atomic E-state index is 0.230. The van der Waals surface area contributed by atoms with Gasteiger partial charge in [-0.3, -0.25) is 4.79 Å². The lowest BCUT2D eigenvalue weighted by molar-refractivity contribution is -0.133. The van der Waals surface area contributed by atoms with Gasteiger partial charge in [-0.15, -0.1) is 0 Å². The molecule has 94 valence electrons. The molecule has 0 aliphatic heterocycles. The van der Waals surface area contributed by atoms with Crippen LogP contribution < -0.4 is 11.1 Å². The molecular formula is C11H14Br2N2O2. The lowest BCUT2D eigenvalue weighted by Gasteiger charge is -2.22. The number of hydrogen-bond donors (Lipinski definition) is 2. The number of halogens is 2. The van der Waals surface area contributed by atoms with Crippen molar-refractivity contribution in [3.8, 4) is 0 Å². The van der Waals surface area contributed by atoms with Gasteiger partial charge in [0.05, 0.1) is 5.69 Å². The highest BCUT2D eigenvalue weighted by atomic mass is 79.9. The van der Waals surface area contributed by atoms with E-state index in [4.69, 9.17) is 10.5 Å². The molecule has 1 aromatic rings. The summed E-state index contributed by atoms with van der Waals surface area (Å²) >= 11 is 6.70. The molecule has 0 aliphatic carbocycles. The first-order chi connectivity index (χ1) is 7.77. The zero-order chi connectivity index (χ0) is 13.2. The fourth-order valence-electron chi connectivity index (χ4n) is 1.07. The molecule has 0 aliphatic rings. The first kappa shape index (κ1) is 14.5. The lowest BCUT2D eigenvalue weighted by atomic mass is 10.1. The molecule has 0 saturated heterocycles. The Balaban J connectivity index is 3.01. The summed E-state index contributed by atoms with van der Waals surface area (Å²) in [4.78, 5) is 11.9. The summed E-state index contributed by atoms with van der Waals surface area (Å²) in [5.41, 5.74) is 6.02. The maximum absolute atomic E-state index is 11.9. The molecule has 6 heteroatoms. The number of nitrogens with two attached hydrogens (primary N) is 1. The van der Waals surface area contributed by atoms with Crippen LogP contribution in [0.25, 0.3) is 0 Å². The number of methoxy groups -OCH3 is 1. The molecule has 17 heavy (non-hydrogen) atoms. The van der Waals surface area contributed by atoms with Crippen LogP contribution in [0.1, 0.15) is 13.8 Å². The number of ether oxygens (including phenoxy) is 1. The van der Waals surface area contributed by atoms with E-state index in [0.29, 0.717) is 20.3 Å². The predicted octanol–water partition coefficient (Wildman–Crippen LogP) is 3.16. The molecule has 0 unspecified atom stereocenters. The van der Waals surface area contributed by atoms with Crippen LogP contribution in [0.5, 0.6) is 0 Å². The minimum Gasteiger partial charge on any atom is -0.399 e. The number of hydrogen-bond acceptors (Lipinski definition) is 3. The van der Waals surface area contributed by atoms with Gasteiger partial charge in [0.15, 0.2) is 0 Å². The summed E-state index contributed by atoms with van der Waals surface area (Å²) in [5, 5.41) is 2.78. The standard InChI is InChI=1S/C11H14Br2N2O2/c1-11(2,17-3)10(16)15-9-7(12)4-6(14)5-8(9)13/h4-5H,14H2,1-3H3,(H,15,16). The molecule has 0 spiro atoms. The van der Waals surface area contributed by atoms with Gasteiger partial charge in [-0.2, -0.15) is 0 Å². The van der Waals surface area contributed by atoms with Crippen LogP contribution in [0.15, 0.2) is 21.1 Å². The molecule has 0 saturated carbocycles. The Bertz CT molecular complexity index is 424. The molecular weight excluding hydrogens is 352 g/mol. The Labute approximate surface area is 117 Å². The summed E-state index contributed by atoms with van der Waals surface area (Å²) < 4.78 is 6.53. The average molecular weight is 366 g/mol. The first-order valence-corrected chi connectivity index (χ1v) is 6.47. The highest BCUT2D eigenvalue weighted by Gasteiger charge is 2.28. The average Bonchev–Trinajstić information content (AvgIpc) is 2.22. The number of nitrogens with one attached hydrogen (secondary N) is 1. The highest BCUT2D eigenvalue weighted by Crippen LogP contribution is 2.34. The van der Waals surface area contributed by atoms with E-state index in [1.54, 1.807) is 26.0 Å². The van der Waals surface area contributed by atoms with Crippen LogP contribution in [0, 0.1) is 0 Å². The second-order valence-electron chi connectivity index (χ2n) is 4.03. The van der Waals surface area contributed by atoms with E-state index in [-0.39, 0.29) is 5.91 Å². The van der Waals surface area contributed by atoms with Crippen LogP contribution in [-0.2, 0) is 9.53 Å². The van der Waals surface area contributed by atoms with E-state index in [9.17, 15) is 4.79 Å². The van der Waals surface area contributed by atoms with Crippen molar-refractivity contribution in [1.29, 1.82) is 0 Å². The fourth-order valence-corrected chi connectivity index (χ4v) is 2.49.